The summed E-state index contributed by atoms with van der Waals surface area (Å²) < 4.78 is 0. The van der Waals surface area contributed by atoms with Gasteiger partial charge >= 0.3 is 0 Å². The first kappa shape index (κ1) is 11.8. The first-order valence-electron chi connectivity index (χ1n) is 6.74. The Morgan fingerprint density at radius 3 is 2.61 bits per heavy atom. The van der Waals surface area contributed by atoms with Crippen LogP contribution in [-0.4, -0.2) is 24.2 Å². The molecule has 0 bridgehead atoms. The molecular weight excluding hydrogens is 242 g/mol. The Balaban J connectivity index is 1.71. The molecule has 1 heterocycles. The molecular formula is C14H19N3S. The van der Waals surface area contributed by atoms with Crippen molar-refractivity contribution in [3.05, 3.63) is 24.3 Å². The molecule has 1 aromatic rings. The highest BCUT2D eigenvalue weighted by Crippen LogP contribution is 2.28. The van der Waals surface area contributed by atoms with E-state index >= 15 is 0 Å². The van der Waals surface area contributed by atoms with Gasteiger partial charge in [0, 0.05) is 19.1 Å². The lowest BCUT2D eigenvalue weighted by molar-refractivity contribution is 0.918. The molecule has 2 aliphatic rings. The van der Waals surface area contributed by atoms with E-state index in [-0.39, 0.29) is 0 Å². The summed E-state index contributed by atoms with van der Waals surface area (Å²) in [7, 11) is 0. The Bertz CT molecular complexity index is 436. The van der Waals surface area contributed by atoms with Crippen molar-refractivity contribution in [3.8, 4) is 0 Å². The molecule has 2 N–H and O–H groups in total. The quantitative estimate of drug-likeness (QED) is 0.818. The number of nitrogens with one attached hydrogen (secondary N) is 2. The van der Waals surface area contributed by atoms with Crippen molar-refractivity contribution in [2.24, 2.45) is 0 Å². The van der Waals surface area contributed by atoms with Gasteiger partial charge in [0.15, 0.2) is 5.11 Å². The second kappa shape index (κ2) is 5.14. The highest BCUT2D eigenvalue weighted by molar-refractivity contribution is 7.80. The van der Waals surface area contributed by atoms with Gasteiger partial charge in [-0.15, -0.1) is 0 Å². The first-order valence-corrected chi connectivity index (χ1v) is 7.15. The molecule has 96 valence electrons. The van der Waals surface area contributed by atoms with Crippen LogP contribution in [0.25, 0.3) is 0 Å². The van der Waals surface area contributed by atoms with E-state index in [0.29, 0.717) is 6.04 Å². The zero-order valence-corrected chi connectivity index (χ0v) is 11.3. The zero-order valence-electron chi connectivity index (χ0n) is 10.5. The molecule has 0 unspecified atom stereocenters. The topological polar surface area (TPSA) is 27.3 Å². The summed E-state index contributed by atoms with van der Waals surface area (Å²) in [4.78, 5) is 2.43. The van der Waals surface area contributed by atoms with Crippen molar-refractivity contribution in [2.45, 2.75) is 31.7 Å². The molecule has 0 atom stereocenters. The Labute approximate surface area is 114 Å². The first-order chi connectivity index (χ1) is 8.83. The van der Waals surface area contributed by atoms with Crippen LogP contribution in [0, 0.1) is 0 Å². The Hall–Kier alpha value is -1.29. The van der Waals surface area contributed by atoms with E-state index < -0.39 is 0 Å². The van der Waals surface area contributed by atoms with Gasteiger partial charge in [-0.25, -0.2) is 0 Å². The van der Waals surface area contributed by atoms with Crippen LogP contribution in [0.1, 0.15) is 25.7 Å². The minimum atomic E-state index is 0.601. The van der Waals surface area contributed by atoms with E-state index in [1.807, 2.05) is 0 Å². The molecule has 1 saturated heterocycles. The van der Waals surface area contributed by atoms with E-state index in [1.54, 1.807) is 0 Å². The lowest BCUT2D eigenvalue weighted by atomic mass is 10.2. The lowest BCUT2D eigenvalue weighted by Crippen LogP contribution is -2.31. The van der Waals surface area contributed by atoms with E-state index in [0.717, 1.165) is 23.9 Å². The largest absolute Gasteiger partial charge is 0.370 e. The van der Waals surface area contributed by atoms with Crippen molar-refractivity contribution >= 4 is 28.7 Å². The summed E-state index contributed by atoms with van der Waals surface area (Å²) >= 11 is 5.35. The van der Waals surface area contributed by atoms with Crippen LogP contribution in [0.3, 0.4) is 0 Å². The summed E-state index contributed by atoms with van der Waals surface area (Å²) in [6.07, 6.45) is 5.07. The van der Waals surface area contributed by atoms with Gasteiger partial charge in [0.25, 0.3) is 0 Å². The normalized spacial score (nSPS) is 18.8. The molecule has 1 aliphatic carbocycles. The van der Waals surface area contributed by atoms with Gasteiger partial charge in [-0.3, -0.25) is 0 Å². The van der Waals surface area contributed by atoms with Gasteiger partial charge in [-0.1, -0.05) is 12.1 Å². The molecule has 2 fully saturated rings. The van der Waals surface area contributed by atoms with E-state index in [4.69, 9.17) is 12.2 Å². The fourth-order valence-corrected chi connectivity index (χ4v) is 2.66. The average molecular weight is 261 g/mol. The minimum Gasteiger partial charge on any atom is -0.370 e. The summed E-state index contributed by atoms with van der Waals surface area (Å²) in [6.45, 7) is 2.31. The van der Waals surface area contributed by atoms with Crippen LogP contribution in [-0.2, 0) is 0 Å². The predicted octanol–water partition coefficient (Wildman–Crippen LogP) is 2.74. The third-order valence-electron chi connectivity index (χ3n) is 3.51. The Morgan fingerprint density at radius 2 is 1.89 bits per heavy atom. The lowest BCUT2D eigenvalue weighted by Gasteiger charge is -2.22. The standard InChI is InChI=1S/C14H19N3S/c18-14(15-11-7-8-11)16-12-5-1-2-6-13(12)17-9-3-4-10-17/h1-2,5-6,11H,3-4,7-10H2,(H2,15,16,18). The number of nitrogens with zero attached hydrogens (tertiary/aromatic N) is 1. The van der Waals surface area contributed by atoms with Gasteiger partial charge < -0.3 is 15.5 Å². The predicted molar refractivity (Wildman–Crippen MR) is 80.3 cm³/mol. The average Bonchev–Trinajstić information content (AvgIpc) is 3.01. The Kier molecular flexibility index (Phi) is 3.37. The maximum absolute atomic E-state index is 5.35. The third-order valence-corrected chi connectivity index (χ3v) is 3.73. The van der Waals surface area contributed by atoms with Gasteiger partial charge in [0.2, 0.25) is 0 Å². The van der Waals surface area contributed by atoms with E-state index in [9.17, 15) is 0 Å². The van der Waals surface area contributed by atoms with Gasteiger partial charge in [0.05, 0.1) is 11.4 Å². The van der Waals surface area contributed by atoms with Crippen LogP contribution in [0.15, 0.2) is 24.3 Å². The molecule has 0 aromatic heterocycles. The third kappa shape index (κ3) is 2.75. The fourth-order valence-electron chi connectivity index (χ4n) is 2.38. The molecule has 3 nitrogen and oxygen atoms in total. The van der Waals surface area contributed by atoms with Crippen LogP contribution >= 0.6 is 12.2 Å². The van der Waals surface area contributed by atoms with Crippen LogP contribution in [0.4, 0.5) is 11.4 Å². The van der Waals surface area contributed by atoms with Crippen molar-refractivity contribution in [2.75, 3.05) is 23.3 Å². The van der Waals surface area contributed by atoms with Gasteiger partial charge in [-0.2, -0.15) is 0 Å². The number of anilines is 2. The number of thiocarbonyl (C=S) groups is 1. The molecule has 0 spiro atoms. The van der Waals surface area contributed by atoms with Crippen LogP contribution < -0.4 is 15.5 Å². The SMILES string of the molecule is S=C(Nc1ccccc1N1CCCC1)NC1CC1. The summed E-state index contributed by atoms with van der Waals surface area (Å²) in [5.74, 6) is 0. The maximum atomic E-state index is 5.35. The van der Waals surface area contributed by atoms with E-state index in [1.165, 1.54) is 31.4 Å². The smallest absolute Gasteiger partial charge is 0.171 e. The number of benzene rings is 1. The second-order valence-electron chi connectivity index (χ2n) is 5.08. The van der Waals surface area contributed by atoms with Crippen molar-refractivity contribution in [1.29, 1.82) is 0 Å². The van der Waals surface area contributed by atoms with Crippen molar-refractivity contribution in [3.63, 3.8) is 0 Å². The summed E-state index contributed by atoms with van der Waals surface area (Å²) in [5.41, 5.74) is 2.40. The Morgan fingerprint density at radius 1 is 1.17 bits per heavy atom. The summed E-state index contributed by atoms with van der Waals surface area (Å²) in [6, 6.07) is 9.03. The van der Waals surface area contributed by atoms with Gasteiger partial charge in [0.1, 0.15) is 0 Å². The molecule has 0 amide bonds. The number of para-hydroxylation sites is 2. The number of hydrogen-bond acceptors (Lipinski definition) is 2. The summed E-state index contributed by atoms with van der Waals surface area (Å²) in [5, 5.41) is 7.41. The number of hydrogen-bond donors (Lipinski definition) is 2. The molecule has 18 heavy (non-hydrogen) atoms. The molecule has 1 saturated carbocycles. The highest BCUT2D eigenvalue weighted by atomic mass is 32.1. The number of rotatable bonds is 3. The molecule has 1 aliphatic heterocycles. The minimum absolute atomic E-state index is 0.601. The van der Waals surface area contributed by atoms with Gasteiger partial charge in [-0.05, 0) is 50.0 Å². The van der Waals surface area contributed by atoms with Crippen molar-refractivity contribution in [1.82, 2.24) is 5.32 Å². The molecule has 3 rings (SSSR count). The van der Waals surface area contributed by atoms with Crippen LogP contribution in [0.5, 0.6) is 0 Å². The monoisotopic (exact) mass is 261 g/mol. The van der Waals surface area contributed by atoms with Crippen LogP contribution in [0.2, 0.25) is 0 Å². The molecule has 1 aromatic carbocycles. The molecule has 0 radical (unpaired) electrons. The highest BCUT2D eigenvalue weighted by Gasteiger charge is 2.22. The van der Waals surface area contributed by atoms with Crippen molar-refractivity contribution < 1.29 is 0 Å². The fraction of sp³-hybridized carbons (Fsp3) is 0.500. The molecule has 4 heteroatoms. The maximum Gasteiger partial charge on any atom is 0.171 e. The zero-order chi connectivity index (χ0) is 12.4. The van der Waals surface area contributed by atoms with E-state index in [2.05, 4.69) is 39.8 Å². The second-order valence-corrected chi connectivity index (χ2v) is 5.49.